The smallest absolute Gasteiger partial charge is 0.238 e. The van der Waals surface area contributed by atoms with Crippen molar-refractivity contribution in [1.82, 2.24) is 14.9 Å². The quantitative estimate of drug-likeness (QED) is 0.873. The number of nitrogens with zero attached hydrogens (tertiary/aromatic N) is 2. The number of amides is 1. The zero-order valence-electron chi connectivity index (χ0n) is 12.8. The Bertz CT molecular complexity index is 621. The normalized spacial score (nSPS) is 19.9. The molecule has 1 N–H and O–H groups in total. The van der Waals surface area contributed by atoms with E-state index in [0.717, 1.165) is 24.4 Å². The molecule has 0 radical (unpaired) electrons. The Labute approximate surface area is 125 Å². The second kappa shape index (κ2) is 6.17. The lowest BCUT2D eigenvalue weighted by Gasteiger charge is -2.26. The van der Waals surface area contributed by atoms with Crippen LogP contribution in [0.25, 0.3) is 0 Å². The van der Waals surface area contributed by atoms with Crippen LogP contribution >= 0.6 is 0 Å². The van der Waals surface area contributed by atoms with E-state index in [2.05, 4.69) is 10.3 Å². The number of fused-ring (bicyclic) bond motifs is 1. The lowest BCUT2D eigenvalue weighted by molar-refractivity contribution is -0.121. The van der Waals surface area contributed by atoms with Gasteiger partial charge in [-0.1, -0.05) is 6.92 Å². The Hall–Kier alpha value is -1.37. The summed E-state index contributed by atoms with van der Waals surface area (Å²) < 4.78 is 25.9. The van der Waals surface area contributed by atoms with E-state index < -0.39 is 21.0 Å². The number of rotatable bonds is 5. The van der Waals surface area contributed by atoms with Crippen molar-refractivity contribution in [2.45, 2.75) is 57.9 Å². The number of aryl methyl sites for hydroxylation is 2. The maximum atomic E-state index is 12.1. The van der Waals surface area contributed by atoms with Crippen LogP contribution in [0.3, 0.4) is 0 Å². The number of imidazole rings is 1. The summed E-state index contributed by atoms with van der Waals surface area (Å²) in [5.41, 5.74) is 0.968. The standard InChI is InChI=1S/C14H23N3O3S/c1-4-7-21(19,20)11(3)14(18)16-12-5-6-13-15-10(2)8-17(13)9-12/h8,11-12H,4-7,9H2,1-3H3,(H,16,18)/t11-,12+/m1/s1. The summed E-state index contributed by atoms with van der Waals surface area (Å²) in [4.78, 5) is 16.6. The third kappa shape index (κ3) is 3.64. The highest BCUT2D eigenvalue weighted by Crippen LogP contribution is 2.15. The van der Waals surface area contributed by atoms with Crippen LogP contribution in [0.1, 0.15) is 38.2 Å². The first-order valence-corrected chi connectivity index (χ1v) is 9.09. The van der Waals surface area contributed by atoms with Crippen LogP contribution in [0.2, 0.25) is 0 Å². The molecule has 0 aromatic carbocycles. The monoisotopic (exact) mass is 313 g/mol. The molecule has 0 fully saturated rings. The Morgan fingerprint density at radius 1 is 1.57 bits per heavy atom. The van der Waals surface area contributed by atoms with E-state index in [9.17, 15) is 13.2 Å². The summed E-state index contributed by atoms with van der Waals surface area (Å²) in [6.45, 7) is 5.86. The van der Waals surface area contributed by atoms with Crippen LogP contribution in [0.5, 0.6) is 0 Å². The highest BCUT2D eigenvalue weighted by molar-refractivity contribution is 7.92. The Morgan fingerprint density at radius 3 is 2.95 bits per heavy atom. The van der Waals surface area contributed by atoms with Crippen molar-refractivity contribution in [3.8, 4) is 0 Å². The molecular formula is C14H23N3O3S. The summed E-state index contributed by atoms with van der Waals surface area (Å²) in [7, 11) is -3.35. The van der Waals surface area contributed by atoms with Crippen molar-refractivity contribution in [3.63, 3.8) is 0 Å². The second-order valence-corrected chi connectivity index (χ2v) is 8.15. The number of carbonyl (C=O) groups is 1. The topological polar surface area (TPSA) is 81.1 Å². The van der Waals surface area contributed by atoms with Gasteiger partial charge in [-0.15, -0.1) is 0 Å². The van der Waals surface area contributed by atoms with Crippen LogP contribution in [0, 0.1) is 6.92 Å². The van der Waals surface area contributed by atoms with E-state index in [-0.39, 0.29) is 11.8 Å². The van der Waals surface area contributed by atoms with Gasteiger partial charge in [-0.05, 0) is 26.7 Å². The summed E-state index contributed by atoms with van der Waals surface area (Å²) in [6.07, 6.45) is 4.09. The molecule has 6 nitrogen and oxygen atoms in total. The SMILES string of the molecule is CCCS(=O)(=O)[C@H](C)C(=O)N[C@H]1CCc2nc(C)cn2C1. The third-order valence-corrected chi connectivity index (χ3v) is 6.12. The molecule has 0 spiro atoms. The van der Waals surface area contributed by atoms with Crippen LogP contribution in [-0.4, -0.2) is 40.9 Å². The fraction of sp³-hybridized carbons (Fsp3) is 0.714. The first-order chi connectivity index (χ1) is 9.83. The van der Waals surface area contributed by atoms with Crippen molar-refractivity contribution in [1.29, 1.82) is 0 Å². The molecule has 118 valence electrons. The van der Waals surface area contributed by atoms with E-state index in [1.807, 2.05) is 17.7 Å². The summed E-state index contributed by atoms with van der Waals surface area (Å²) in [5, 5.41) is 1.88. The minimum absolute atomic E-state index is 0.0297. The van der Waals surface area contributed by atoms with E-state index in [1.54, 1.807) is 6.92 Å². The fourth-order valence-corrected chi connectivity index (χ4v) is 3.96. The molecule has 7 heteroatoms. The Kier molecular flexibility index (Phi) is 4.70. The van der Waals surface area contributed by atoms with Crippen molar-refractivity contribution in [3.05, 3.63) is 17.7 Å². The molecule has 2 atom stereocenters. The highest BCUT2D eigenvalue weighted by Gasteiger charge is 2.29. The Balaban J connectivity index is 1.98. The van der Waals surface area contributed by atoms with Gasteiger partial charge in [0.15, 0.2) is 9.84 Å². The second-order valence-electron chi connectivity index (χ2n) is 5.70. The number of nitrogens with one attached hydrogen (secondary N) is 1. The summed E-state index contributed by atoms with van der Waals surface area (Å²) in [6, 6.07) is -0.0297. The van der Waals surface area contributed by atoms with Gasteiger partial charge in [0.1, 0.15) is 11.1 Å². The maximum Gasteiger partial charge on any atom is 0.238 e. The van der Waals surface area contributed by atoms with E-state index in [1.165, 1.54) is 6.92 Å². The number of sulfone groups is 1. The molecule has 1 aromatic heterocycles. The molecule has 21 heavy (non-hydrogen) atoms. The highest BCUT2D eigenvalue weighted by atomic mass is 32.2. The third-order valence-electron chi connectivity index (χ3n) is 3.86. The molecule has 0 bridgehead atoms. The van der Waals surface area contributed by atoms with Crippen molar-refractivity contribution in [2.75, 3.05) is 5.75 Å². The van der Waals surface area contributed by atoms with Gasteiger partial charge in [-0.3, -0.25) is 4.79 Å². The first kappa shape index (κ1) is 16.0. The van der Waals surface area contributed by atoms with Crippen LogP contribution in [0.4, 0.5) is 0 Å². The minimum atomic E-state index is -3.35. The van der Waals surface area contributed by atoms with Gasteiger partial charge >= 0.3 is 0 Å². The molecule has 1 aromatic rings. The molecule has 0 saturated carbocycles. The molecule has 0 aliphatic carbocycles. The zero-order chi connectivity index (χ0) is 15.6. The minimum Gasteiger partial charge on any atom is -0.350 e. The molecule has 0 saturated heterocycles. The molecule has 1 amide bonds. The lowest BCUT2D eigenvalue weighted by Crippen LogP contribution is -2.47. The van der Waals surface area contributed by atoms with Gasteiger partial charge in [0, 0.05) is 25.2 Å². The average Bonchev–Trinajstić information content (AvgIpc) is 2.77. The van der Waals surface area contributed by atoms with E-state index in [4.69, 9.17) is 0 Å². The van der Waals surface area contributed by atoms with Gasteiger partial charge < -0.3 is 9.88 Å². The van der Waals surface area contributed by atoms with E-state index in [0.29, 0.717) is 13.0 Å². The molecule has 2 rings (SSSR count). The average molecular weight is 313 g/mol. The van der Waals surface area contributed by atoms with Gasteiger partial charge in [-0.2, -0.15) is 0 Å². The predicted octanol–water partition coefficient (Wildman–Crippen LogP) is 0.836. The number of hydrogen-bond donors (Lipinski definition) is 1. The largest absolute Gasteiger partial charge is 0.350 e. The number of carbonyl (C=O) groups excluding carboxylic acids is 1. The van der Waals surface area contributed by atoms with Crippen molar-refractivity contribution in [2.24, 2.45) is 0 Å². The van der Waals surface area contributed by atoms with Crippen molar-refractivity contribution >= 4 is 15.7 Å². The van der Waals surface area contributed by atoms with Gasteiger partial charge in [0.2, 0.25) is 5.91 Å². The van der Waals surface area contributed by atoms with Gasteiger partial charge in [0.25, 0.3) is 0 Å². The molecule has 1 aliphatic rings. The summed E-state index contributed by atoms with van der Waals surface area (Å²) >= 11 is 0. The van der Waals surface area contributed by atoms with Crippen molar-refractivity contribution < 1.29 is 13.2 Å². The van der Waals surface area contributed by atoms with Crippen LogP contribution in [0.15, 0.2) is 6.20 Å². The molecular weight excluding hydrogens is 290 g/mol. The zero-order valence-corrected chi connectivity index (χ0v) is 13.6. The van der Waals surface area contributed by atoms with Crippen LogP contribution in [-0.2, 0) is 27.6 Å². The maximum absolute atomic E-state index is 12.1. The molecule has 1 aliphatic heterocycles. The molecule has 2 heterocycles. The predicted molar refractivity (Wildman–Crippen MR) is 80.8 cm³/mol. The van der Waals surface area contributed by atoms with Gasteiger partial charge in [-0.25, -0.2) is 13.4 Å². The van der Waals surface area contributed by atoms with Gasteiger partial charge in [0.05, 0.1) is 11.4 Å². The Morgan fingerprint density at radius 2 is 2.29 bits per heavy atom. The number of hydrogen-bond acceptors (Lipinski definition) is 4. The summed E-state index contributed by atoms with van der Waals surface area (Å²) in [5.74, 6) is 0.690. The molecule has 0 unspecified atom stereocenters. The van der Waals surface area contributed by atoms with Crippen LogP contribution < -0.4 is 5.32 Å². The lowest BCUT2D eigenvalue weighted by atomic mass is 10.1. The first-order valence-electron chi connectivity index (χ1n) is 7.38. The number of aromatic nitrogens is 2. The fourth-order valence-electron chi connectivity index (χ4n) is 2.65. The van der Waals surface area contributed by atoms with E-state index >= 15 is 0 Å².